The topological polar surface area (TPSA) is 86.8 Å². The van der Waals surface area contributed by atoms with E-state index in [-0.39, 0.29) is 45.4 Å². The zero-order chi connectivity index (χ0) is 33.4. The first-order chi connectivity index (χ1) is 21.9. The maximum Gasteiger partial charge on any atom is 0.264 e. The Balaban J connectivity index is 1.83. The van der Waals surface area contributed by atoms with Crippen molar-refractivity contribution in [1.82, 2.24) is 10.2 Å². The van der Waals surface area contributed by atoms with E-state index in [1.807, 2.05) is 44.2 Å². The molecule has 4 rings (SSSR count). The standard InChI is InChI=1S/C34H33Cl4N3O4S/c1-23(2)20-39-34(43)32(17-24-9-5-3-6-10-24)40(21-25-13-14-26(35)18-30(25)37)33(42)22-41(27-15-16-29(36)31(38)19-27)46(44,45)28-11-7-4-8-12-28/h3-16,18-19,23,32H,17,20-22H2,1-2H3,(H,39,43)/t32-/m0/s1. The minimum absolute atomic E-state index is 0.0309. The Morgan fingerprint density at radius 3 is 2.04 bits per heavy atom. The number of rotatable bonds is 13. The fourth-order valence-electron chi connectivity index (χ4n) is 4.70. The van der Waals surface area contributed by atoms with Crippen LogP contribution in [-0.2, 0) is 32.6 Å². The second-order valence-electron chi connectivity index (χ2n) is 11.0. The number of nitrogens with zero attached hydrogens (tertiary/aromatic N) is 2. The molecule has 242 valence electrons. The molecule has 4 aromatic carbocycles. The minimum Gasteiger partial charge on any atom is -0.354 e. The van der Waals surface area contributed by atoms with Gasteiger partial charge in [0.2, 0.25) is 11.8 Å². The first kappa shape index (κ1) is 35.6. The highest BCUT2D eigenvalue weighted by Gasteiger charge is 2.35. The SMILES string of the molecule is CC(C)CNC(=O)[C@H](Cc1ccccc1)N(Cc1ccc(Cl)cc1Cl)C(=O)CN(c1ccc(Cl)c(Cl)c1)S(=O)(=O)c1ccccc1. The van der Waals surface area contributed by atoms with E-state index in [2.05, 4.69) is 5.32 Å². The van der Waals surface area contributed by atoms with Crippen LogP contribution < -0.4 is 9.62 Å². The van der Waals surface area contributed by atoms with Crippen LogP contribution in [0.1, 0.15) is 25.0 Å². The summed E-state index contributed by atoms with van der Waals surface area (Å²) in [5, 5.41) is 3.98. The van der Waals surface area contributed by atoms with Gasteiger partial charge in [0.25, 0.3) is 10.0 Å². The Labute approximate surface area is 290 Å². The number of benzene rings is 4. The number of carbonyl (C=O) groups excluding carboxylic acids is 2. The van der Waals surface area contributed by atoms with Crippen molar-refractivity contribution in [1.29, 1.82) is 0 Å². The zero-order valence-electron chi connectivity index (χ0n) is 25.2. The lowest BCUT2D eigenvalue weighted by Crippen LogP contribution is -2.53. The molecule has 0 aliphatic rings. The molecule has 46 heavy (non-hydrogen) atoms. The third-order valence-corrected chi connectivity index (χ3v) is 10.2. The van der Waals surface area contributed by atoms with Crippen molar-refractivity contribution in [3.8, 4) is 0 Å². The fourth-order valence-corrected chi connectivity index (χ4v) is 6.89. The molecule has 12 heteroatoms. The third kappa shape index (κ3) is 9.17. The number of hydrogen-bond acceptors (Lipinski definition) is 4. The Morgan fingerprint density at radius 2 is 1.43 bits per heavy atom. The molecule has 0 heterocycles. The molecule has 1 atom stereocenters. The summed E-state index contributed by atoms with van der Waals surface area (Å²) in [6.07, 6.45) is 0.167. The van der Waals surface area contributed by atoms with Gasteiger partial charge in [-0.15, -0.1) is 0 Å². The Morgan fingerprint density at radius 1 is 0.783 bits per heavy atom. The lowest BCUT2D eigenvalue weighted by Gasteiger charge is -2.34. The van der Waals surface area contributed by atoms with E-state index in [1.165, 1.54) is 35.2 Å². The summed E-state index contributed by atoms with van der Waals surface area (Å²) in [4.78, 5) is 29.7. The van der Waals surface area contributed by atoms with Crippen molar-refractivity contribution in [2.75, 3.05) is 17.4 Å². The van der Waals surface area contributed by atoms with Crippen LogP contribution in [0, 0.1) is 5.92 Å². The van der Waals surface area contributed by atoms with Crippen molar-refractivity contribution in [2.24, 2.45) is 5.92 Å². The van der Waals surface area contributed by atoms with Gasteiger partial charge >= 0.3 is 0 Å². The van der Waals surface area contributed by atoms with Crippen molar-refractivity contribution in [3.05, 3.63) is 128 Å². The van der Waals surface area contributed by atoms with Crippen LogP contribution in [-0.4, -0.2) is 44.3 Å². The maximum atomic E-state index is 14.5. The van der Waals surface area contributed by atoms with E-state index >= 15 is 0 Å². The fraction of sp³-hybridized carbons (Fsp3) is 0.235. The summed E-state index contributed by atoms with van der Waals surface area (Å²) in [5.74, 6) is -0.877. The Bertz CT molecular complexity index is 1770. The molecule has 7 nitrogen and oxygen atoms in total. The highest BCUT2D eigenvalue weighted by molar-refractivity contribution is 7.92. The van der Waals surface area contributed by atoms with E-state index in [0.29, 0.717) is 22.2 Å². The van der Waals surface area contributed by atoms with Gasteiger partial charge in [-0.25, -0.2) is 8.42 Å². The molecule has 1 N–H and O–H groups in total. The van der Waals surface area contributed by atoms with Crippen LogP contribution >= 0.6 is 46.4 Å². The molecule has 0 aliphatic heterocycles. The van der Waals surface area contributed by atoms with E-state index in [4.69, 9.17) is 46.4 Å². The highest BCUT2D eigenvalue weighted by Crippen LogP contribution is 2.31. The predicted octanol–water partition coefficient (Wildman–Crippen LogP) is 7.91. The number of amides is 2. The largest absolute Gasteiger partial charge is 0.354 e. The van der Waals surface area contributed by atoms with Crippen LogP contribution in [0.5, 0.6) is 0 Å². The molecule has 2 amide bonds. The summed E-state index contributed by atoms with van der Waals surface area (Å²) in [7, 11) is -4.29. The lowest BCUT2D eigenvalue weighted by atomic mass is 10.0. The van der Waals surface area contributed by atoms with E-state index in [0.717, 1.165) is 9.87 Å². The molecule has 0 bridgehead atoms. The second kappa shape index (κ2) is 16.0. The molecular formula is C34H33Cl4N3O4S. The summed E-state index contributed by atoms with van der Waals surface area (Å²) in [6.45, 7) is 3.57. The van der Waals surface area contributed by atoms with Crippen LogP contribution in [0.15, 0.2) is 102 Å². The van der Waals surface area contributed by atoms with Crippen molar-refractivity contribution < 1.29 is 18.0 Å². The van der Waals surface area contributed by atoms with Crippen LogP contribution in [0.2, 0.25) is 20.1 Å². The number of hydrogen-bond donors (Lipinski definition) is 1. The van der Waals surface area contributed by atoms with Crippen LogP contribution in [0.25, 0.3) is 0 Å². The average Bonchev–Trinajstić information content (AvgIpc) is 3.03. The molecule has 0 radical (unpaired) electrons. The van der Waals surface area contributed by atoms with Gasteiger partial charge in [-0.2, -0.15) is 0 Å². The smallest absolute Gasteiger partial charge is 0.264 e. The highest BCUT2D eigenvalue weighted by atomic mass is 35.5. The monoisotopic (exact) mass is 719 g/mol. The van der Waals surface area contributed by atoms with E-state index in [1.54, 1.807) is 36.4 Å². The normalized spacial score (nSPS) is 12.1. The Kier molecular flexibility index (Phi) is 12.4. The number of halogens is 4. The summed E-state index contributed by atoms with van der Waals surface area (Å²) >= 11 is 25.2. The van der Waals surface area contributed by atoms with Gasteiger partial charge in [-0.3, -0.25) is 13.9 Å². The maximum absolute atomic E-state index is 14.5. The summed E-state index contributed by atoms with van der Waals surface area (Å²) in [6, 6.07) is 25.2. The van der Waals surface area contributed by atoms with Gasteiger partial charge in [0.15, 0.2) is 0 Å². The van der Waals surface area contributed by atoms with Gasteiger partial charge in [0.1, 0.15) is 12.6 Å². The quantitative estimate of drug-likeness (QED) is 0.152. The predicted molar refractivity (Wildman–Crippen MR) is 186 cm³/mol. The first-order valence-electron chi connectivity index (χ1n) is 14.4. The molecule has 0 saturated carbocycles. The number of anilines is 1. The van der Waals surface area contributed by atoms with Gasteiger partial charge < -0.3 is 10.2 Å². The van der Waals surface area contributed by atoms with Gasteiger partial charge in [0, 0.05) is 29.6 Å². The van der Waals surface area contributed by atoms with Gasteiger partial charge in [-0.05, 0) is 59.5 Å². The van der Waals surface area contributed by atoms with Gasteiger partial charge in [0.05, 0.1) is 20.6 Å². The van der Waals surface area contributed by atoms with Gasteiger partial charge in [-0.1, -0.05) is 115 Å². The molecule has 0 fully saturated rings. The third-order valence-electron chi connectivity index (χ3n) is 7.11. The molecule has 0 aliphatic carbocycles. The minimum atomic E-state index is -4.29. The van der Waals surface area contributed by atoms with Crippen molar-refractivity contribution >= 4 is 73.9 Å². The number of carbonyl (C=O) groups is 2. The van der Waals surface area contributed by atoms with Crippen LogP contribution in [0.3, 0.4) is 0 Å². The van der Waals surface area contributed by atoms with Crippen molar-refractivity contribution in [3.63, 3.8) is 0 Å². The first-order valence-corrected chi connectivity index (χ1v) is 17.4. The summed E-state index contributed by atoms with van der Waals surface area (Å²) in [5.41, 5.74) is 1.46. The number of sulfonamides is 1. The molecule has 0 unspecified atom stereocenters. The molecular weight excluding hydrogens is 688 g/mol. The van der Waals surface area contributed by atoms with Crippen LogP contribution in [0.4, 0.5) is 5.69 Å². The lowest BCUT2D eigenvalue weighted by molar-refractivity contribution is -0.140. The second-order valence-corrected chi connectivity index (χ2v) is 14.5. The van der Waals surface area contributed by atoms with E-state index in [9.17, 15) is 18.0 Å². The molecule has 0 spiro atoms. The van der Waals surface area contributed by atoms with E-state index < -0.39 is 28.5 Å². The molecule has 0 saturated heterocycles. The average molecular weight is 722 g/mol. The van der Waals surface area contributed by atoms with Crippen molar-refractivity contribution in [2.45, 2.75) is 37.8 Å². The number of nitrogens with one attached hydrogen (secondary N) is 1. The summed E-state index contributed by atoms with van der Waals surface area (Å²) < 4.78 is 29.1. The zero-order valence-corrected chi connectivity index (χ0v) is 29.0. The molecule has 4 aromatic rings. The molecule has 0 aromatic heterocycles. The Hall–Kier alpha value is -3.27.